The van der Waals surface area contributed by atoms with Gasteiger partial charge in [0.1, 0.15) is 36.4 Å². The van der Waals surface area contributed by atoms with Gasteiger partial charge in [0.25, 0.3) is 0 Å². The van der Waals surface area contributed by atoms with Crippen LogP contribution in [0.15, 0.2) is 65.2 Å². The van der Waals surface area contributed by atoms with Crippen LogP contribution in [0.2, 0.25) is 0 Å². The summed E-state index contributed by atoms with van der Waals surface area (Å²) in [6.07, 6.45) is -1.47. The molecule has 2 saturated heterocycles. The van der Waals surface area contributed by atoms with Gasteiger partial charge >= 0.3 is 0 Å². The molecular weight excluding hydrogens is 438 g/mol. The Bertz CT molecular complexity index is 1070. The zero-order chi connectivity index (χ0) is 23.5. The van der Waals surface area contributed by atoms with E-state index in [2.05, 4.69) is 5.16 Å². The fourth-order valence-corrected chi connectivity index (χ4v) is 4.20. The second kappa shape index (κ2) is 9.85. The lowest BCUT2D eigenvalue weighted by Gasteiger charge is -2.25. The molecule has 1 aromatic heterocycles. The SMILES string of the molecule is COc1ccc(-c2cc(COC[C@H]3O[C@@H]4OC(C)(C)O[C@@H]4[C@H]3OCc3ccccc3)on2)cc1. The minimum atomic E-state index is -0.715. The number of nitrogens with zero attached hydrogens (tertiary/aromatic N) is 1. The first-order valence-corrected chi connectivity index (χ1v) is 11.4. The fourth-order valence-electron chi connectivity index (χ4n) is 4.20. The average Bonchev–Trinajstić information content (AvgIpc) is 3.51. The molecule has 2 aliphatic rings. The molecule has 4 atom stereocenters. The number of benzene rings is 2. The van der Waals surface area contributed by atoms with Crippen LogP contribution in [0.4, 0.5) is 0 Å². The highest BCUT2D eigenvalue weighted by atomic mass is 16.8. The number of aromatic nitrogens is 1. The summed E-state index contributed by atoms with van der Waals surface area (Å²) >= 11 is 0. The van der Waals surface area contributed by atoms with Crippen molar-refractivity contribution in [1.82, 2.24) is 5.16 Å². The number of rotatable bonds is 9. The van der Waals surface area contributed by atoms with Crippen LogP contribution in [-0.2, 0) is 36.9 Å². The predicted molar refractivity (Wildman–Crippen MR) is 122 cm³/mol. The zero-order valence-electron chi connectivity index (χ0n) is 19.5. The Morgan fingerprint density at radius 1 is 0.971 bits per heavy atom. The highest BCUT2D eigenvalue weighted by Gasteiger charge is 2.55. The van der Waals surface area contributed by atoms with E-state index in [-0.39, 0.29) is 24.9 Å². The Kier molecular flexibility index (Phi) is 6.67. The quantitative estimate of drug-likeness (QED) is 0.460. The fraction of sp³-hybridized carbons (Fsp3) is 0.423. The van der Waals surface area contributed by atoms with Crippen LogP contribution in [-0.4, -0.2) is 49.3 Å². The van der Waals surface area contributed by atoms with Crippen LogP contribution in [0.25, 0.3) is 11.3 Å². The molecule has 3 heterocycles. The minimum absolute atomic E-state index is 0.261. The molecule has 0 bridgehead atoms. The largest absolute Gasteiger partial charge is 0.497 e. The van der Waals surface area contributed by atoms with Crippen molar-refractivity contribution < 1.29 is 32.9 Å². The third kappa shape index (κ3) is 5.16. The van der Waals surface area contributed by atoms with Crippen LogP contribution >= 0.6 is 0 Å². The summed E-state index contributed by atoms with van der Waals surface area (Å²) in [4.78, 5) is 0. The molecule has 2 aliphatic heterocycles. The van der Waals surface area contributed by atoms with Crippen molar-refractivity contribution in [3.05, 3.63) is 72.0 Å². The molecule has 8 nitrogen and oxygen atoms in total. The Balaban J connectivity index is 1.18. The summed E-state index contributed by atoms with van der Waals surface area (Å²) in [5.74, 6) is 0.699. The predicted octanol–water partition coefficient (Wildman–Crippen LogP) is 4.33. The lowest BCUT2D eigenvalue weighted by Crippen LogP contribution is -2.38. The van der Waals surface area contributed by atoms with E-state index >= 15 is 0 Å². The van der Waals surface area contributed by atoms with Crippen LogP contribution in [0, 0.1) is 0 Å². The number of hydrogen-bond acceptors (Lipinski definition) is 8. The highest BCUT2D eigenvalue weighted by Crippen LogP contribution is 2.39. The Morgan fingerprint density at radius 3 is 2.53 bits per heavy atom. The summed E-state index contributed by atoms with van der Waals surface area (Å²) in [5, 5.41) is 4.14. The molecule has 0 unspecified atom stereocenters. The number of methoxy groups -OCH3 is 1. The third-order valence-electron chi connectivity index (χ3n) is 5.84. The van der Waals surface area contributed by atoms with Gasteiger partial charge in [-0.2, -0.15) is 0 Å². The molecule has 180 valence electrons. The van der Waals surface area contributed by atoms with Gasteiger partial charge in [0.15, 0.2) is 17.8 Å². The first kappa shape index (κ1) is 23.0. The van der Waals surface area contributed by atoms with Crippen molar-refractivity contribution in [2.75, 3.05) is 13.7 Å². The van der Waals surface area contributed by atoms with Crippen molar-refractivity contribution in [1.29, 1.82) is 0 Å². The molecule has 0 N–H and O–H groups in total. The van der Waals surface area contributed by atoms with E-state index in [1.165, 1.54) is 0 Å². The lowest BCUT2D eigenvalue weighted by molar-refractivity contribution is -0.225. The zero-order valence-corrected chi connectivity index (χ0v) is 19.5. The molecule has 5 rings (SSSR count). The van der Waals surface area contributed by atoms with E-state index < -0.39 is 12.1 Å². The molecular formula is C26H29NO7. The van der Waals surface area contributed by atoms with E-state index in [0.29, 0.717) is 19.0 Å². The molecule has 3 aromatic rings. The van der Waals surface area contributed by atoms with Crippen LogP contribution in [0.1, 0.15) is 25.2 Å². The molecule has 0 aliphatic carbocycles. The molecule has 0 amide bonds. The number of ether oxygens (including phenoxy) is 6. The minimum Gasteiger partial charge on any atom is -0.497 e. The van der Waals surface area contributed by atoms with Gasteiger partial charge in [-0.1, -0.05) is 35.5 Å². The maximum absolute atomic E-state index is 6.24. The van der Waals surface area contributed by atoms with Gasteiger partial charge in [0.05, 0.1) is 20.3 Å². The second-order valence-corrected chi connectivity index (χ2v) is 8.83. The van der Waals surface area contributed by atoms with Gasteiger partial charge in [-0.3, -0.25) is 0 Å². The lowest BCUT2D eigenvalue weighted by atomic mass is 10.1. The van der Waals surface area contributed by atoms with Crippen LogP contribution in [0.5, 0.6) is 5.75 Å². The van der Waals surface area contributed by atoms with Gasteiger partial charge in [0.2, 0.25) is 0 Å². The van der Waals surface area contributed by atoms with Crippen LogP contribution < -0.4 is 4.74 Å². The molecule has 34 heavy (non-hydrogen) atoms. The first-order chi connectivity index (χ1) is 16.5. The molecule has 0 spiro atoms. The summed E-state index contributed by atoms with van der Waals surface area (Å²) in [7, 11) is 1.64. The van der Waals surface area contributed by atoms with Crippen molar-refractivity contribution in [2.45, 2.75) is 57.5 Å². The second-order valence-electron chi connectivity index (χ2n) is 8.83. The van der Waals surface area contributed by atoms with Gasteiger partial charge < -0.3 is 32.9 Å². The van der Waals surface area contributed by atoms with Gasteiger partial charge in [-0.15, -0.1) is 0 Å². The molecule has 8 heteroatoms. The Hall–Kier alpha value is -2.75. The summed E-state index contributed by atoms with van der Waals surface area (Å²) < 4.78 is 40.9. The van der Waals surface area contributed by atoms with Crippen molar-refractivity contribution in [3.8, 4) is 17.0 Å². The third-order valence-corrected chi connectivity index (χ3v) is 5.84. The normalized spacial score (nSPS) is 25.4. The van der Waals surface area contributed by atoms with E-state index in [1.54, 1.807) is 7.11 Å². The topological polar surface area (TPSA) is 81.4 Å². The molecule has 2 fully saturated rings. The summed E-state index contributed by atoms with van der Waals surface area (Å²) in [5.41, 5.74) is 2.76. The van der Waals surface area contributed by atoms with Gasteiger partial charge in [0, 0.05) is 11.6 Å². The van der Waals surface area contributed by atoms with Crippen LogP contribution in [0.3, 0.4) is 0 Å². The van der Waals surface area contributed by atoms with E-state index in [1.807, 2.05) is 74.5 Å². The standard InChI is InChI=1S/C26H29NO7/c1-26(2)32-24-23(30-14-17-7-5-4-6-8-17)22(31-25(24)33-26)16-29-15-20-13-21(27-34-20)18-9-11-19(28-3)12-10-18/h4-13,22-25H,14-16H2,1-3H3/t22-,23+,24-,25-/m1/s1. The molecule has 0 saturated carbocycles. The average molecular weight is 468 g/mol. The molecule has 0 radical (unpaired) electrons. The van der Waals surface area contributed by atoms with Crippen molar-refractivity contribution in [2.24, 2.45) is 0 Å². The van der Waals surface area contributed by atoms with E-state index in [4.69, 9.17) is 32.9 Å². The maximum atomic E-state index is 6.24. The highest BCUT2D eigenvalue weighted by molar-refractivity contribution is 5.59. The summed E-state index contributed by atoms with van der Waals surface area (Å²) in [6, 6.07) is 19.5. The van der Waals surface area contributed by atoms with Crippen molar-refractivity contribution >= 4 is 0 Å². The Labute approximate surface area is 198 Å². The van der Waals surface area contributed by atoms with Gasteiger partial charge in [-0.25, -0.2) is 0 Å². The monoisotopic (exact) mass is 467 g/mol. The first-order valence-electron chi connectivity index (χ1n) is 11.4. The number of fused-ring (bicyclic) bond motifs is 1. The summed E-state index contributed by atoms with van der Waals surface area (Å²) in [6.45, 7) is 4.76. The smallest absolute Gasteiger partial charge is 0.190 e. The van der Waals surface area contributed by atoms with Gasteiger partial charge in [-0.05, 0) is 43.7 Å². The van der Waals surface area contributed by atoms with E-state index in [9.17, 15) is 0 Å². The maximum Gasteiger partial charge on any atom is 0.190 e. The molecule has 2 aromatic carbocycles. The van der Waals surface area contributed by atoms with E-state index in [0.717, 1.165) is 22.6 Å². The van der Waals surface area contributed by atoms with Crippen molar-refractivity contribution in [3.63, 3.8) is 0 Å². The number of hydrogen-bond donors (Lipinski definition) is 0. The Morgan fingerprint density at radius 2 is 1.76 bits per heavy atom.